The topological polar surface area (TPSA) is 76.2 Å². The van der Waals surface area contributed by atoms with Crippen molar-refractivity contribution in [1.82, 2.24) is 9.96 Å². The molecule has 132 valence electrons. The highest BCUT2D eigenvalue weighted by Crippen LogP contribution is 2.28. The molecule has 0 saturated carbocycles. The molecule has 1 atom stereocenters. The van der Waals surface area contributed by atoms with Crippen molar-refractivity contribution in [3.05, 3.63) is 35.4 Å². The van der Waals surface area contributed by atoms with E-state index < -0.39 is 23.8 Å². The number of carbonyl (C=O) groups excluding carboxylic acids is 3. The summed E-state index contributed by atoms with van der Waals surface area (Å²) in [5, 5.41) is 0.605. The van der Waals surface area contributed by atoms with Gasteiger partial charge in [0.05, 0.1) is 11.1 Å². The minimum atomic E-state index is -0.579. The second kappa shape index (κ2) is 6.57. The number of benzene rings is 1. The summed E-state index contributed by atoms with van der Waals surface area (Å²) in [6.45, 7) is 2.22. The molecular formula is C18H20N2O5. The van der Waals surface area contributed by atoms with Crippen LogP contribution in [0, 0.1) is 0 Å². The van der Waals surface area contributed by atoms with Gasteiger partial charge >= 0.3 is 5.97 Å². The maximum Gasteiger partial charge on any atom is 0.350 e. The zero-order chi connectivity index (χ0) is 17.4. The molecule has 4 rings (SSSR count). The van der Waals surface area contributed by atoms with Crippen molar-refractivity contribution >= 4 is 17.8 Å². The lowest BCUT2D eigenvalue weighted by atomic mass is 10.1. The Morgan fingerprint density at radius 2 is 1.68 bits per heavy atom. The Bertz CT molecular complexity index is 678. The smallest absolute Gasteiger partial charge is 0.350 e. The number of fused-ring (bicyclic) bond motifs is 1. The summed E-state index contributed by atoms with van der Waals surface area (Å²) < 4.78 is 5.39. The van der Waals surface area contributed by atoms with E-state index in [1.807, 2.05) is 0 Å². The highest BCUT2D eigenvalue weighted by atomic mass is 16.7. The first-order chi connectivity index (χ1) is 12.2. The number of hydrogen-bond donors (Lipinski definition) is 0. The lowest BCUT2D eigenvalue weighted by molar-refractivity contribution is -0.175. The Hall–Kier alpha value is -2.25. The van der Waals surface area contributed by atoms with Crippen LogP contribution < -0.4 is 0 Å². The Kier molecular flexibility index (Phi) is 4.27. The van der Waals surface area contributed by atoms with Gasteiger partial charge in [-0.3, -0.25) is 14.5 Å². The largest absolute Gasteiger partial charge is 0.381 e. The molecule has 3 aliphatic rings. The van der Waals surface area contributed by atoms with Crippen LogP contribution in [0.4, 0.5) is 0 Å². The Morgan fingerprint density at radius 1 is 1.04 bits per heavy atom. The third kappa shape index (κ3) is 2.83. The highest BCUT2D eigenvalue weighted by Gasteiger charge is 2.42. The number of amides is 2. The number of imide groups is 1. The van der Waals surface area contributed by atoms with Crippen LogP contribution in [-0.4, -0.2) is 59.6 Å². The summed E-state index contributed by atoms with van der Waals surface area (Å²) in [5.41, 5.74) is 0.543. The predicted molar refractivity (Wildman–Crippen MR) is 86.6 cm³/mol. The number of likely N-dealkylation sites (tertiary alicyclic amines) is 1. The van der Waals surface area contributed by atoms with Gasteiger partial charge in [0.2, 0.25) is 0 Å². The third-order valence-electron chi connectivity index (χ3n) is 5.16. The molecule has 1 unspecified atom stereocenters. The number of nitrogens with zero attached hydrogens (tertiary/aromatic N) is 2. The SMILES string of the molecule is O=C(ON1C(=O)c2ccccc2C1=O)C1CCCN1C1CCOCC1. The van der Waals surface area contributed by atoms with Crippen LogP contribution in [0.5, 0.6) is 0 Å². The monoisotopic (exact) mass is 344 g/mol. The van der Waals surface area contributed by atoms with Crippen molar-refractivity contribution in [2.75, 3.05) is 19.8 Å². The first-order valence-corrected chi connectivity index (χ1v) is 8.70. The summed E-state index contributed by atoms with van der Waals surface area (Å²) in [6.07, 6.45) is 3.35. The molecule has 0 aromatic heterocycles. The molecule has 1 aromatic carbocycles. The zero-order valence-electron chi connectivity index (χ0n) is 13.8. The van der Waals surface area contributed by atoms with Crippen molar-refractivity contribution < 1.29 is 24.0 Å². The molecule has 0 aliphatic carbocycles. The van der Waals surface area contributed by atoms with E-state index in [0.29, 0.717) is 24.7 Å². The number of rotatable bonds is 3. The van der Waals surface area contributed by atoms with E-state index >= 15 is 0 Å². The zero-order valence-corrected chi connectivity index (χ0v) is 13.8. The Labute approximate surface area is 145 Å². The van der Waals surface area contributed by atoms with Crippen LogP contribution >= 0.6 is 0 Å². The molecule has 3 heterocycles. The average Bonchev–Trinajstić information content (AvgIpc) is 3.23. The van der Waals surface area contributed by atoms with E-state index in [0.717, 1.165) is 25.8 Å². The molecule has 25 heavy (non-hydrogen) atoms. The summed E-state index contributed by atoms with van der Waals surface area (Å²) in [6, 6.07) is 6.36. The van der Waals surface area contributed by atoms with E-state index in [9.17, 15) is 14.4 Å². The summed E-state index contributed by atoms with van der Waals surface area (Å²) in [7, 11) is 0. The van der Waals surface area contributed by atoms with Gasteiger partial charge in [-0.2, -0.15) is 0 Å². The van der Waals surface area contributed by atoms with Crippen LogP contribution in [0.1, 0.15) is 46.4 Å². The number of hydrogen-bond acceptors (Lipinski definition) is 6. The van der Waals surface area contributed by atoms with E-state index in [4.69, 9.17) is 9.57 Å². The van der Waals surface area contributed by atoms with Crippen LogP contribution in [0.25, 0.3) is 0 Å². The van der Waals surface area contributed by atoms with Gasteiger partial charge in [0.25, 0.3) is 11.8 Å². The van der Waals surface area contributed by atoms with E-state index in [2.05, 4.69) is 4.90 Å². The first-order valence-electron chi connectivity index (χ1n) is 8.70. The fourth-order valence-corrected chi connectivity index (χ4v) is 3.90. The van der Waals surface area contributed by atoms with E-state index in [1.54, 1.807) is 24.3 Å². The molecule has 1 aromatic rings. The van der Waals surface area contributed by atoms with Gasteiger partial charge in [-0.05, 0) is 44.4 Å². The second-order valence-corrected chi connectivity index (χ2v) is 6.60. The van der Waals surface area contributed by atoms with Crippen LogP contribution in [0.15, 0.2) is 24.3 Å². The summed E-state index contributed by atoms with van der Waals surface area (Å²) >= 11 is 0. The average molecular weight is 344 g/mol. The molecule has 0 N–H and O–H groups in total. The van der Waals surface area contributed by atoms with Crippen molar-refractivity contribution in [3.63, 3.8) is 0 Å². The van der Waals surface area contributed by atoms with Crippen molar-refractivity contribution in [1.29, 1.82) is 0 Å². The molecule has 7 heteroatoms. The fourth-order valence-electron chi connectivity index (χ4n) is 3.90. The van der Waals surface area contributed by atoms with Gasteiger partial charge in [0.1, 0.15) is 6.04 Å². The lowest BCUT2D eigenvalue weighted by Crippen LogP contribution is -2.48. The van der Waals surface area contributed by atoms with Gasteiger partial charge in [-0.15, -0.1) is 0 Å². The molecule has 2 fully saturated rings. The minimum absolute atomic E-state index is 0.271. The summed E-state index contributed by atoms with van der Waals surface area (Å²) in [5.74, 6) is -1.69. The van der Waals surface area contributed by atoms with Gasteiger partial charge in [0, 0.05) is 19.3 Å². The van der Waals surface area contributed by atoms with Gasteiger partial charge < -0.3 is 9.57 Å². The minimum Gasteiger partial charge on any atom is -0.381 e. The van der Waals surface area contributed by atoms with Crippen molar-refractivity contribution in [3.8, 4) is 0 Å². The highest BCUT2D eigenvalue weighted by molar-refractivity contribution is 6.20. The maximum absolute atomic E-state index is 12.7. The van der Waals surface area contributed by atoms with Crippen molar-refractivity contribution in [2.24, 2.45) is 0 Å². The maximum atomic E-state index is 12.7. The predicted octanol–water partition coefficient (Wildman–Crippen LogP) is 1.38. The molecule has 0 spiro atoms. The van der Waals surface area contributed by atoms with Crippen LogP contribution in [0.3, 0.4) is 0 Å². The van der Waals surface area contributed by atoms with Crippen LogP contribution in [-0.2, 0) is 14.4 Å². The fraction of sp³-hybridized carbons (Fsp3) is 0.500. The molecule has 3 aliphatic heterocycles. The lowest BCUT2D eigenvalue weighted by Gasteiger charge is -2.34. The molecular weight excluding hydrogens is 324 g/mol. The molecule has 2 saturated heterocycles. The summed E-state index contributed by atoms with van der Waals surface area (Å²) in [4.78, 5) is 44.7. The number of hydroxylamine groups is 2. The number of ether oxygens (including phenoxy) is 1. The second-order valence-electron chi connectivity index (χ2n) is 6.60. The molecule has 0 bridgehead atoms. The standard InChI is InChI=1S/C18H20N2O5/c21-16-13-4-1-2-5-14(13)17(22)20(16)25-18(23)15-6-3-9-19(15)12-7-10-24-11-8-12/h1-2,4-5,12,15H,3,6-11H2. The van der Waals surface area contributed by atoms with E-state index in [1.165, 1.54) is 0 Å². The van der Waals surface area contributed by atoms with Gasteiger partial charge in [-0.1, -0.05) is 17.2 Å². The van der Waals surface area contributed by atoms with Crippen molar-refractivity contribution in [2.45, 2.75) is 37.8 Å². The molecule has 7 nitrogen and oxygen atoms in total. The quantitative estimate of drug-likeness (QED) is 0.771. The normalized spacial score (nSPS) is 24.6. The Balaban J connectivity index is 1.47. The Morgan fingerprint density at radius 3 is 2.32 bits per heavy atom. The first kappa shape index (κ1) is 16.2. The molecule has 0 radical (unpaired) electrons. The number of carbonyl (C=O) groups is 3. The van der Waals surface area contributed by atoms with Gasteiger partial charge in [0.15, 0.2) is 0 Å². The van der Waals surface area contributed by atoms with E-state index in [-0.39, 0.29) is 17.2 Å². The van der Waals surface area contributed by atoms with Crippen LogP contribution in [0.2, 0.25) is 0 Å². The van der Waals surface area contributed by atoms with Gasteiger partial charge in [-0.25, -0.2) is 4.79 Å². The third-order valence-corrected chi connectivity index (χ3v) is 5.16. The molecule has 2 amide bonds.